The lowest BCUT2D eigenvalue weighted by Gasteiger charge is -2.48. The van der Waals surface area contributed by atoms with Crippen LogP contribution in [0.3, 0.4) is 0 Å². The Hall–Kier alpha value is -1.41. The van der Waals surface area contributed by atoms with Crippen molar-refractivity contribution in [2.24, 2.45) is 0 Å². The maximum absolute atomic E-state index is 14.2. The molecule has 8 heteroatoms. The van der Waals surface area contributed by atoms with Crippen LogP contribution in [0.25, 0.3) is 11.1 Å². The van der Waals surface area contributed by atoms with Gasteiger partial charge in [0, 0.05) is 31.8 Å². The standard InChI is InChI=1S/C23H33FN2O4.ClH/c1-16-14-19(24)21-20(15-16)26(22(27)30-21)17-6-10-25(11-7-17)23(2)8-4-18(5-9-23)29-13-12-28-3;/h14-15,17-18H,4-13H2,1-3H3;1H. The van der Waals surface area contributed by atoms with Gasteiger partial charge in [-0.2, -0.15) is 0 Å². The fourth-order valence-electron chi connectivity index (χ4n) is 5.23. The smallest absolute Gasteiger partial charge is 0.405 e. The summed E-state index contributed by atoms with van der Waals surface area (Å²) in [6.07, 6.45) is 6.46. The largest absolute Gasteiger partial charge is 0.420 e. The third kappa shape index (κ3) is 5.00. The Labute approximate surface area is 189 Å². The Morgan fingerprint density at radius 2 is 1.84 bits per heavy atom. The third-order valence-corrected chi connectivity index (χ3v) is 7.06. The molecular formula is C23H34ClFN2O4. The fourth-order valence-corrected chi connectivity index (χ4v) is 5.23. The number of hydrogen-bond donors (Lipinski definition) is 0. The molecule has 0 bridgehead atoms. The zero-order chi connectivity index (χ0) is 21.3. The van der Waals surface area contributed by atoms with Crippen LogP contribution in [0.5, 0.6) is 0 Å². The summed E-state index contributed by atoms with van der Waals surface area (Å²) < 4.78 is 32.1. The van der Waals surface area contributed by atoms with Crippen LogP contribution in [0.2, 0.25) is 0 Å². The van der Waals surface area contributed by atoms with Crippen molar-refractivity contribution in [2.45, 2.75) is 70.1 Å². The molecule has 0 N–H and O–H groups in total. The summed E-state index contributed by atoms with van der Waals surface area (Å²) in [7, 11) is 1.70. The van der Waals surface area contributed by atoms with Crippen molar-refractivity contribution in [3.8, 4) is 0 Å². The molecule has 4 rings (SSSR count). The highest BCUT2D eigenvalue weighted by Gasteiger charge is 2.39. The number of halogens is 2. The maximum atomic E-state index is 14.2. The van der Waals surface area contributed by atoms with Crippen LogP contribution in [0.4, 0.5) is 4.39 Å². The molecule has 0 spiro atoms. The van der Waals surface area contributed by atoms with Crippen LogP contribution in [0.15, 0.2) is 21.3 Å². The number of piperidine rings is 1. The molecule has 2 aromatic rings. The minimum absolute atomic E-state index is 0. The van der Waals surface area contributed by atoms with Gasteiger partial charge in [-0.05, 0) is 70.1 Å². The van der Waals surface area contributed by atoms with Gasteiger partial charge in [0.05, 0.1) is 24.8 Å². The van der Waals surface area contributed by atoms with E-state index >= 15 is 0 Å². The molecule has 174 valence electrons. The van der Waals surface area contributed by atoms with E-state index in [0.29, 0.717) is 24.8 Å². The van der Waals surface area contributed by atoms with Crippen molar-refractivity contribution in [1.29, 1.82) is 0 Å². The lowest BCUT2D eigenvalue weighted by Crippen LogP contribution is -2.53. The summed E-state index contributed by atoms with van der Waals surface area (Å²) in [5, 5.41) is 0. The molecular weight excluding hydrogens is 423 g/mol. The quantitative estimate of drug-likeness (QED) is 0.600. The van der Waals surface area contributed by atoms with E-state index < -0.39 is 11.6 Å². The minimum atomic E-state index is -0.463. The van der Waals surface area contributed by atoms with Crippen LogP contribution in [-0.4, -0.2) is 54.5 Å². The van der Waals surface area contributed by atoms with Gasteiger partial charge in [-0.25, -0.2) is 9.18 Å². The lowest BCUT2D eigenvalue weighted by atomic mass is 9.79. The van der Waals surface area contributed by atoms with Crippen LogP contribution < -0.4 is 5.76 Å². The molecule has 6 nitrogen and oxygen atoms in total. The Bertz CT molecular complexity index is 928. The molecule has 1 saturated carbocycles. The van der Waals surface area contributed by atoms with Gasteiger partial charge in [0.2, 0.25) is 0 Å². The Morgan fingerprint density at radius 3 is 2.48 bits per heavy atom. The highest BCUT2D eigenvalue weighted by molar-refractivity contribution is 5.85. The molecule has 0 radical (unpaired) electrons. The Morgan fingerprint density at radius 1 is 1.16 bits per heavy atom. The summed E-state index contributed by atoms with van der Waals surface area (Å²) >= 11 is 0. The minimum Gasteiger partial charge on any atom is -0.405 e. The van der Waals surface area contributed by atoms with E-state index in [-0.39, 0.29) is 29.6 Å². The van der Waals surface area contributed by atoms with Crippen molar-refractivity contribution in [3.05, 3.63) is 34.1 Å². The maximum Gasteiger partial charge on any atom is 0.420 e. The van der Waals surface area contributed by atoms with E-state index in [1.54, 1.807) is 11.7 Å². The number of fused-ring (bicyclic) bond motifs is 1. The van der Waals surface area contributed by atoms with E-state index in [1.165, 1.54) is 6.07 Å². The van der Waals surface area contributed by atoms with Gasteiger partial charge in [0.1, 0.15) is 0 Å². The van der Waals surface area contributed by atoms with Crippen molar-refractivity contribution in [3.63, 3.8) is 0 Å². The van der Waals surface area contributed by atoms with Crippen LogP contribution in [0, 0.1) is 12.7 Å². The Kier molecular flexibility index (Phi) is 7.84. The summed E-state index contributed by atoms with van der Waals surface area (Å²) in [5.41, 5.74) is 1.63. The van der Waals surface area contributed by atoms with Crippen molar-refractivity contribution < 1.29 is 18.3 Å². The number of ether oxygens (including phenoxy) is 2. The van der Waals surface area contributed by atoms with E-state index in [9.17, 15) is 9.18 Å². The summed E-state index contributed by atoms with van der Waals surface area (Å²) in [6, 6.07) is 3.31. The average Bonchev–Trinajstić information content (AvgIpc) is 3.06. The van der Waals surface area contributed by atoms with Gasteiger partial charge in [0.25, 0.3) is 0 Å². The molecule has 1 aliphatic heterocycles. The predicted molar refractivity (Wildman–Crippen MR) is 121 cm³/mol. The number of hydrogen-bond acceptors (Lipinski definition) is 5. The third-order valence-electron chi connectivity index (χ3n) is 7.06. The molecule has 0 atom stereocenters. The molecule has 1 aliphatic carbocycles. The van der Waals surface area contributed by atoms with Crippen LogP contribution >= 0.6 is 12.4 Å². The SMILES string of the molecule is COCCOC1CCC(C)(N2CCC(n3c(=O)oc4c(F)cc(C)cc43)CC2)CC1.Cl. The first-order valence-corrected chi connectivity index (χ1v) is 11.1. The van der Waals surface area contributed by atoms with Gasteiger partial charge < -0.3 is 13.9 Å². The molecule has 1 saturated heterocycles. The molecule has 31 heavy (non-hydrogen) atoms. The monoisotopic (exact) mass is 456 g/mol. The lowest BCUT2D eigenvalue weighted by molar-refractivity contribution is -0.0419. The highest BCUT2D eigenvalue weighted by atomic mass is 35.5. The van der Waals surface area contributed by atoms with E-state index in [1.807, 2.05) is 13.0 Å². The van der Waals surface area contributed by atoms with E-state index in [2.05, 4.69) is 11.8 Å². The molecule has 1 aromatic carbocycles. The second-order valence-electron chi connectivity index (χ2n) is 9.11. The number of benzene rings is 1. The molecule has 2 fully saturated rings. The zero-order valence-corrected chi connectivity index (χ0v) is 19.5. The van der Waals surface area contributed by atoms with Gasteiger partial charge in [-0.15, -0.1) is 12.4 Å². The van der Waals surface area contributed by atoms with E-state index in [0.717, 1.165) is 57.2 Å². The number of methoxy groups -OCH3 is 1. The van der Waals surface area contributed by atoms with Gasteiger partial charge in [-0.1, -0.05) is 0 Å². The van der Waals surface area contributed by atoms with Crippen molar-refractivity contribution in [1.82, 2.24) is 9.47 Å². The van der Waals surface area contributed by atoms with Gasteiger partial charge in [0.15, 0.2) is 11.4 Å². The molecule has 0 amide bonds. The first-order chi connectivity index (χ1) is 14.4. The molecule has 2 heterocycles. The molecule has 2 aliphatic rings. The fraction of sp³-hybridized carbons (Fsp3) is 0.696. The summed E-state index contributed by atoms with van der Waals surface area (Å²) in [4.78, 5) is 15.1. The number of rotatable bonds is 6. The van der Waals surface area contributed by atoms with Crippen LogP contribution in [0.1, 0.15) is 57.1 Å². The summed E-state index contributed by atoms with van der Waals surface area (Å²) in [6.45, 7) is 7.37. The summed E-state index contributed by atoms with van der Waals surface area (Å²) in [5.74, 6) is -0.914. The number of aromatic nitrogens is 1. The topological polar surface area (TPSA) is 56.8 Å². The number of likely N-dealkylation sites (tertiary alicyclic amines) is 1. The zero-order valence-electron chi connectivity index (χ0n) is 18.7. The first kappa shape index (κ1) is 24.2. The predicted octanol–water partition coefficient (Wildman–Crippen LogP) is 4.47. The highest BCUT2D eigenvalue weighted by Crippen LogP contribution is 2.38. The van der Waals surface area contributed by atoms with Gasteiger partial charge in [-0.3, -0.25) is 9.47 Å². The Balaban J connectivity index is 0.00000272. The van der Waals surface area contributed by atoms with Crippen molar-refractivity contribution >= 4 is 23.5 Å². The van der Waals surface area contributed by atoms with Crippen molar-refractivity contribution in [2.75, 3.05) is 33.4 Å². The number of aryl methyl sites for hydroxylation is 1. The number of nitrogens with zero attached hydrogens (tertiary/aromatic N) is 2. The second kappa shape index (κ2) is 10.0. The van der Waals surface area contributed by atoms with E-state index in [4.69, 9.17) is 13.9 Å². The average molecular weight is 457 g/mol. The molecule has 1 aromatic heterocycles. The number of oxazole rings is 1. The van der Waals surface area contributed by atoms with Gasteiger partial charge >= 0.3 is 5.76 Å². The first-order valence-electron chi connectivity index (χ1n) is 11.1. The normalized spacial score (nSPS) is 25.6. The molecule has 0 unspecified atom stereocenters. The second-order valence-corrected chi connectivity index (χ2v) is 9.11. The van der Waals surface area contributed by atoms with Crippen LogP contribution in [-0.2, 0) is 9.47 Å².